The largest absolute Gasteiger partial charge is 0.399 e. The summed E-state index contributed by atoms with van der Waals surface area (Å²) in [5.74, 6) is 0.900. The van der Waals surface area contributed by atoms with Gasteiger partial charge in [-0.1, -0.05) is 19.1 Å². The van der Waals surface area contributed by atoms with Crippen LogP contribution < -0.4 is 5.73 Å². The summed E-state index contributed by atoms with van der Waals surface area (Å²) in [4.78, 5) is 0. The van der Waals surface area contributed by atoms with Gasteiger partial charge in [-0.15, -0.1) is 0 Å². The molecule has 1 aliphatic rings. The highest BCUT2D eigenvalue weighted by Gasteiger charge is 2.18. The van der Waals surface area contributed by atoms with Crippen LogP contribution in [-0.2, 0) is 11.2 Å². The molecule has 2 nitrogen and oxygen atoms in total. The fraction of sp³-hybridized carbons (Fsp3) is 0.625. The van der Waals surface area contributed by atoms with Crippen molar-refractivity contribution in [1.82, 2.24) is 0 Å². The van der Waals surface area contributed by atoms with E-state index in [1.807, 2.05) is 12.1 Å². The fourth-order valence-corrected chi connectivity index (χ4v) is 2.67. The topological polar surface area (TPSA) is 35.2 Å². The molecule has 0 spiro atoms. The van der Waals surface area contributed by atoms with E-state index in [1.54, 1.807) is 0 Å². The van der Waals surface area contributed by atoms with Gasteiger partial charge in [0.2, 0.25) is 0 Å². The molecule has 100 valence electrons. The first-order valence-electron chi connectivity index (χ1n) is 7.20. The molecule has 0 atom stereocenters. The molecule has 0 bridgehead atoms. The molecule has 0 aliphatic heterocycles. The number of anilines is 1. The molecule has 2 N–H and O–H groups in total. The van der Waals surface area contributed by atoms with Gasteiger partial charge in [0.1, 0.15) is 0 Å². The number of hydrogen-bond donors (Lipinski definition) is 1. The Morgan fingerprint density at radius 1 is 1.22 bits per heavy atom. The van der Waals surface area contributed by atoms with Crippen molar-refractivity contribution >= 4 is 5.69 Å². The first-order valence-corrected chi connectivity index (χ1v) is 7.20. The third kappa shape index (κ3) is 4.34. The average molecular weight is 247 g/mol. The quantitative estimate of drug-likeness (QED) is 0.634. The van der Waals surface area contributed by atoms with Gasteiger partial charge in [-0.25, -0.2) is 0 Å². The molecule has 1 aromatic rings. The van der Waals surface area contributed by atoms with Crippen LogP contribution in [0.2, 0.25) is 0 Å². The maximum absolute atomic E-state index is 5.95. The Balaban J connectivity index is 1.61. The number of nitrogens with two attached hydrogens (primary N) is 1. The molecular formula is C16H25NO. The molecule has 0 radical (unpaired) electrons. The minimum atomic E-state index is 0.516. The van der Waals surface area contributed by atoms with Gasteiger partial charge in [0.05, 0.1) is 6.10 Å². The molecule has 2 rings (SSSR count). The van der Waals surface area contributed by atoms with Crippen molar-refractivity contribution in [2.45, 2.75) is 51.6 Å². The van der Waals surface area contributed by atoms with Crippen molar-refractivity contribution in [2.75, 3.05) is 12.3 Å². The van der Waals surface area contributed by atoms with Gasteiger partial charge in [-0.05, 0) is 62.1 Å². The zero-order chi connectivity index (χ0) is 12.8. The third-order valence-corrected chi connectivity index (χ3v) is 3.88. The predicted octanol–water partition coefficient (Wildman–Crippen LogP) is 3.80. The summed E-state index contributed by atoms with van der Waals surface area (Å²) in [7, 11) is 0. The summed E-state index contributed by atoms with van der Waals surface area (Å²) in [6.07, 6.45) is 7.84. The lowest BCUT2D eigenvalue weighted by Crippen LogP contribution is -2.21. The Hall–Kier alpha value is -1.02. The van der Waals surface area contributed by atoms with Crippen molar-refractivity contribution in [3.63, 3.8) is 0 Å². The van der Waals surface area contributed by atoms with Crippen molar-refractivity contribution in [2.24, 2.45) is 5.92 Å². The second-order valence-corrected chi connectivity index (χ2v) is 5.60. The van der Waals surface area contributed by atoms with E-state index in [0.29, 0.717) is 6.10 Å². The van der Waals surface area contributed by atoms with Crippen LogP contribution in [-0.4, -0.2) is 12.7 Å². The summed E-state index contributed by atoms with van der Waals surface area (Å²) in [5.41, 5.74) is 7.93. The lowest BCUT2D eigenvalue weighted by atomic mass is 9.89. The number of ether oxygens (including phenoxy) is 1. The van der Waals surface area contributed by atoms with Gasteiger partial charge in [0.15, 0.2) is 0 Å². The third-order valence-electron chi connectivity index (χ3n) is 3.88. The zero-order valence-electron chi connectivity index (χ0n) is 11.4. The lowest BCUT2D eigenvalue weighted by Gasteiger charge is -2.26. The summed E-state index contributed by atoms with van der Waals surface area (Å²) in [6.45, 7) is 3.23. The second-order valence-electron chi connectivity index (χ2n) is 5.60. The highest BCUT2D eigenvalue weighted by molar-refractivity contribution is 5.40. The first-order chi connectivity index (χ1) is 8.74. The van der Waals surface area contributed by atoms with Crippen molar-refractivity contribution in [3.8, 4) is 0 Å². The van der Waals surface area contributed by atoms with Crippen molar-refractivity contribution in [3.05, 3.63) is 29.8 Å². The molecule has 0 heterocycles. The Morgan fingerprint density at radius 3 is 2.72 bits per heavy atom. The average Bonchev–Trinajstić information content (AvgIpc) is 2.37. The van der Waals surface area contributed by atoms with Gasteiger partial charge in [0, 0.05) is 12.3 Å². The van der Waals surface area contributed by atoms with E-state index in [4.69, 9.17) is 10.5 Å². The van der Waals surface area contributed by atoms with Crippen LogP contribution in [0.3, 0.4) is 0 Å². The Labute approximate surface area is 111 Å². The van der Waals surface area contributed by atoms with Crippen LogP contribution in [0.5, 0.6) is 0 Å². The molecule has 1 aromatic carbocycles. The number of nitrogen functional groups attached to an aromatic ring is 1. The van der Waals surface area contributed by atoms with Gasteiger partial charge in [-0.2, -0.15) is 0 Å². The zero-order valence-corrected chi connectivity index (χ0v) is 11.4. The highest BCUT2D eigenvalue weighted by Crippen LogP contribution is 2.25. The van der Waals surface area contributed by atoms with Crippen LogP contribution in [0.1, 0.15) is 44.6 Å². The molecule has 1 fully saturated rings. The van der Waals surface area contributed by atoms with E-state index < -0.39 is 0 Å². The molecule has 1 aliphatic carbocycles. The minimum Gasteiger partial charge on any atom is -0.399 e. The SMILES string of the molecule is CC1CCC(OCCCc2cccc(N)c2)CC1. The van der Waals surface area contributed by atoms with Crippen LogP contribution in [0.15, 0.2) is 24.3 Å². The lowest BCUT2D eigenvalue weighted by molar-refractivity contribution is 0.0188. The molecule has 0 saturated heterocycles. The van der Waals surface area contributed by atoms with E-state index in [1.165, 1.54) is 31.2 Å². The van der Waals surface area contributed by atoms with Crippen molar-refractivity contribution in [1.29, 1.82) is 0 Å². The highest BCUT2D eigenvalue weighted by atomic mass is 16.5. The summed E-state index contributed by atoms with van der Waals surface area (Å²) in [5, 5.41) is 0. The molecular weight excluding hydrogens is 222 g/mol. The van der Waals surface area contributed by atoms with E-state index in [-0.39, 0.29) is 0 Å². The smallest absolute Gasteiger partial charge is 0.0575 e. The number of hydrogen-bond acceptors (Lipinski definition) is 2. The summed E-state index contributed by atoms with van der Waals surface area (Å²) >= 11 is 0. The van der Waals surface area contributed by atoms with Gasteiger partial charge < -0.3 is 10.5 Å². The molecule has 0 amide bonds. The van der Waals surface area contributed by atoms with E-state index in [2.05, 4.69) is 19.1 Å². The first kappa shape index (κ1) is 13.4. The number of aryl methyl sites for hydroxylation is 1. The monoisotopic (exact) mass is 247 g/mol. The molecule has 0 unspecified atom stereocenters. The Kier molecular flexibility index (Phi) is 5.06. The number of benzene rings is 1. The van der Waals surface area contributed by atoms with Gasteiger partial charge in [-0.3, -0.25) is 0 Å². The molecule has 18 heavy (non-hydrogen) atoms. The van der Waals surface area contributed by atoms with E-state index >= 15 is 0 Å². The summed E-state index contributed by atoms with van der Waals surface area (Å²) < 4.78 is 5.95. The maximum atomic E-state index is 5.95. The van der Waals surface area contributed by atoms with Gasteiger partial charge in [0.25, 0.3) is 0 Å². The predicted molar refractivity (Wildman–Crippen MR) is 76.5 cm³/mol. The van der Waals surface area contributed by atoms with E-state index in [0.717, 1.165) is 31.1 Å². The minimum absolute atomic E-state index is 0.516. The van der Waals surface area contributed by atoms with Crippen LogP contribution in [0.25, 0.3) is 0 Å². The van der Waals surface area contributed by atoms with Gasteiger partial charge >= 0.3 is 0 Å². The van der Waals surface area contributed by atoms with Crippen LogP contribution in [0, 0.1) is 5.92 Å². The Morgan fingerprint density at radius 2 is 2.00 bits per heavy atom. The Bertz CT molecular complexity index is 356. The second kappa shape index (κ2) is 6.79. The maximum Gasteiger partial charge on any atom is 0.0575 e. The number of rotatable bonds is 5. The molecule has 0 aromatic heterocycles. The standard InChI is InChI=1S/C16H25NO/c1-13-7-9-16(10-8-13)18-11-3-5-14-4-2-6-15(17)12-14/h2,4,6,12-13,16H,3,5,7-11,17H2,1H3. The van der Waals surface area contributed by atoms with Crippen LogP contribution in [0.4, 0.5) is 5.69 Å². The summed E-state index contributed by atoms with van der Waals surface area (Å²) in [6, 6.07) is 8.15. The van der Waals surface area contributed by atoms with E-state index in [9.17, 15) is 0 Å². The normalized spacial score (nSPS) is 24.1. The molecule has 1 saturated carbocycles. The fourth-order valence-electron chi connectivity index (χ4n) is 2.67. The molecule has 2 heteroatoms. The van der Waals surface area contributed by atoms with Crippen molar-refractivity contribution < 1.29 is 4.74 Å². The van der Waals surface area contributed by atoms with Crippen LogP contribution >= 0.6 is 0 Å².